The molecule has 2 aromatic rings. The van der Waals surface area contributed by atoms with E-state index in [4.69, 9.17) is 21.1 Å². The van der Waals surface area contributed by atoms with Crippen LogP contribution in [0.3, 0.4) is 0 Å². The second-order valence-corrected chi connectivity index (χ2v) is 9.21. The number of halogens is 1. The lowest BCUT2D eigenvalue weighted by molar-refractivity contribution is -0.142. The Morgan fingerprint density at radius 1 is 1.18 bits per heavy atom. The summed E-state index contributed by atoms with van der Waals surface area (Å²) in [5.41, 5.74) is 2.25. The van der Waals surface area contributed by atoms with Gasteiger partial charge in [-0.1, -0.05) is 49.3 Å². The first-order chi connectivity index (χ1) is 16.5. The van der Waals surface area contributed by atoms with Crippen molar-refractivity contribution in [1.82, 2.24) is 9.97 Å². The minimum atomic E-state index is -0.258. The summed E-state index contributed by atoms with van der Waals surface area (Å²) in [6.45, 7) is 4.73. The van der Waals surface area contributed by atoms with Gasteiger partial charge in [0, 0.05) is 12.1 Å². The predicted molar refractivity (Wildman–Crippen MR) is 135 cm³/mol. The highest BCUT2D eigenvalue weighted by molar-refractivity contribution is 7.98. The van der Waals surface area contributed by atoms with Crippen LogP contribution < -0.4 is 9.64 Å². The number of anilines is 1. The first-order valence-electron chi connectivity index (χ1n) is 11.7. The van der Waals surface area contributed by atoms with Crippen molar-refractivity contribution in [2.24, 2.45) is 5.92 Å². The molecule has 1 aromatic heterocycles. The predicted octanol–water partition coefficient (Wildman–Crippen LogP) is 5.75. The molecule has 2 heterocycles. The zero-order chi connectivity index (χ0) is 24.7. The Labute approximate surface area is 210 Å². The van der Waals surface area contributed by atoms with Gasteiger partial charge < -0.3 is 14.4 Å². The Balaban J connectivity index is 0.00000158. The van der Waals surface area contributed by atoms with E-state index in [0.717, 1.165) is 31.4 Å². The first-order valence-corrected chi connectivity index (χ1v) is 13.3. The average Bonchev–Trinajstić information content (AvgIpc) is 3.04. The molecule has 34 heavy (non-hydrogen) atoms. The van der Waals surface area contributed by atoms with Crippen molar-refractivity contribution in [1.29, 1.82) is 0 Å². The number of hydrogen-bond acceptors (Lipinski definition) is 7. The lowest BCUT2D eigenvalue weighted by Crippen LogP contribution is -2.32. The molecule has 9 heteroatoms. The molecule has 1 aromatic carbocycles. The molecular weight excluding hydrogens is 474 g/mol. The molecule has 1 fully saturated rings. The highest BCUT2D eigenvalue weighted by Gasteiger charge is 2.30. The van der Waals surface area contributed by atoms with E-state index in [1.807, 2.05) is 32.2 Å². The lowest BCUT2D eigenvalue weighted by Gasteiger charge is -2.28. The van der Waals surface area contributed by atoms with Crippen LogP contribution >= 0.6 is 23.4 Å². The number of benzene rings is 1. The van der Waals surface area contributed by atoms with Gasteiger partial charge in [0.2, 0.25) is 5.88 Å². The first kappa shape index (κ1) is 26.3. The van der Waals surface area contributed by atoms with Crippen molar-refractivity contribution < 1.29 is 19.1 Å². The summed E-state index contributed by atoms with van der Waals surface area (Å²) >= 11 is 7.65. The summed E-state index contributed by atoms with van der Waals surface area (Å²) in [4.78, 5) is 34.9. The number of carbonyl (C=O) groups is 2. The summed E-state index contributed by atoms with van der Waals surface area (Å²) in [6.07, 6.45) is 6.50. The molecule has 1 saturated carbocycles. The normalized spacial score (nSPS) is 19.8. The fourth-order valence-electron chi connectivity index (χ4n) is 4.43. The van der Waals surface area contributed by atoms with Crippen LogP contribution in [-0.2, 0) is 9.53 Å². The van der Waals surface area contributed by atoms with E-state index in [0.29, 0.717) is 36.6 Å². The molecular formula is C25H32ClN3O4S. The molecule has 0 radical (unpaired) electrons. The van der Waals surface area contributed by atoms with Gasteiger partial charge in [-0.3, -0.25) is 9.59 Å². The van der Waals surface area contributed by atoms with Crippen LogP contribution in [0.15, 0.2) is 29.4 Å². The summed E-state index contributed by atoms with van der Waals surface area (Å²) in [6, 6.07) is 8.14. The standard InChI is InChI=1S/C23H26ClN3O4S.C2H6/c1-30-18(28)13-14-3-5-15(6-4-14)16-7-9-17(10-8-16)27-11-12-31-21-19(22(27)29)20(24)25-23(26-21)32-2;1-2/h7-10,14-15H,3-6,11-13H2,1-2H3;1-2H3. The highest BCUT2D eigenvalue weighted by Crippen LogP contribution is 2.38. The maximum Gasteiger partial charge on any atom is 0.305 e. The van der Waals surface area contributed by atoms with Crippen LogP contribution in [0, 0.1) is 5.92 Å². The van der Waals surface area contributed by atoms with Crippen LogP contribution in [0.25, 0.3) is 0 Å². The SMILES string of the molecule is CC.COC(=O)CC1CCC(c2ccc(N3CCOc4nc(SC)nc(Cl)c4C3=O)cc2)CC1. The van der Waals surface area contributed by atoms with Gasteiger partial charge in [0.15, 0.2) is 5.16 Å². The summed E-state index contributed by atoms with van der Waals surface area (Å²) in [5.74, 6) is 0.732. The number of ether oxygens (including phenoxy) is 2. The van der Waals surface area contributed by atoms with E-state index in [-0.39, 0.29) is 28.5 Å². The molecule has 0 bridgehead atoms. The molecule has 1 aliphatic carbocycles. The zero-order valence-electron chi connectivity index (χ0n) is 20.2. The van der Waals surface area contributed by atoms with E-state index < -0.39 is 0 Å². The zero-order valence-corrected chi connectivity index (χ0v) is 21.7. The van der Waals surface area contributed by atoms with Gasteiger partial charge in [-0.05, 0) is 61.5 Å². The Bertz CT molecular complexity index is 994. The maximum atomic E-state index is 13.2. The molecule has 4 rings (SSSR count). The Hall–Kier alpha value is -2.32. The van der Waals surface area contributed by atoms with Crippen LogP contribution in [0.5, 0.6) is 5.88 Å². The van der Waals surface area contributed by atoms with E-state index in [1.165, 1.54) is 24.4 Å². The molecule has 2 aliphatic rings. The molecule has 7 nitrogen and oxygen atoms in total. The van der Waals surface area contributed by atoms with Crippen molar-refractivity contribution in [3.8, 4) is 5.88 Å². The van der Waals surface area contributed by atoms with Crippen LogP contribution in [-0.4, -0.2) is 48.4 Å². The molecule has 184 valence electrons. The molecule has 0 spiro atoms. The topological polar surface area (TPSA) is 81.6 Å². The van der Waals surface area contributed by atoms with E-state index in [1.54, 1.807) is 4.90 Å². The molecule has 1 amide bonds. The number of aromatic nitrogens is 2. The fraction of sp³-hybridized carbons (Fsp3) is 0.520. The second kappa shape index (κ2) is 12.4. The number of methoxy groups -OCH3 is 1. The second-order valence-electron chi connectivity index (χ2n) is 8.08. The monoisotopic (exact) mass is 505 g/mol. The van der Waals surface area contributed by atoms with Crippen molar-refractivity contribution in [3.05, 3.63) is 40.5 Å². The minimum absolute atomic E-state index is 0.108. The van der Waals surface area contributed by atoms with Crippen molar-refractivity contribution in [2.45, 2.75) is 57.0 Å². The number of rotatable bonds is 5. The minimum Gasteiger partial charge on any atom is -0.475 e. The largest absolute Gasteiger partial charge is 0.475 e. The number of carbonyl (C=O) groups excluding carboxylic acids is 2. The van der Waals surface area contributed by atoms with Crippen LogP contribution in [0.4, 0.5) is 5.69 Å². The van der Waals surface area contributed by atoms with Crippen molar-refractivity contribution >= 4 is 40.9 Å². The van der Waals surface area contributed by atoms with Crippen molar-refractivity contribution in [2.75, 3.05) is 31.4 Å². The quantitative estimate of drug-likeness (QED) is 0.221. The van der Waals surface area contributed by atoms with Gasteiger partial charge in [-0.25, -0.2) is 4.98 Å². The molecule has 0 saturated heterocycles. The molecule has 0 unspecified atom stereocenters. The third kappa shape index (κ3) is 6.02. The van der Waals surface area contributed by atoms with Gasteiger partial charge in [-0.15, -0.1) is 0 Å². The lowest BCUT2D eigenvalue weighted by atomic mass is 9.77. The number of amides is 1. The Morgan fingerprint density at radius 2 is 1.85 bits per heavy atom. The summed E-state index contributed by atoms with van der Waals surface area (Å²) in [5, 5.41) is 0.581. The number of nitrogens with zero attached hydrogens (tertiary/aromatic N) is 3. The van der Waals surface area contributed by atoms with Crippen LogP contribution in [0.1, 0.15) is 67.8 Å². The highest BCUT2D eigenvalue weighted by atomic mass is 35.5. The number of fused-ring (bicyclic) bond motifs is 1. The van der Waals surface area contributed by atoms with Gasteiger partial charge in [0.1, 0.15) is 17.3 Å². The van der Waals surface area contributed by atoms with Crippen molar-refractivity contribution in [3.63, 3.8) is 0 Å². The van der Waals surface area contributed by atoms with Gasteiger partial charge >= 0.3 is 5.97 Å². The maximum absolute atomic E-state index is 13.2. The average molecular weight is 506 g/mol. The van der Waals surface area contributed by atoms with Gasteiger partial charge in [0.25, 0.3) is 5.91 Å². The molecule has 0 atom stereocenters. The Kier molecular flexibility index (Phi) is 9.59. The Morgan fingerprint density at radius 3 is 2.47 bits per heavy atom. The summed E-state index contributed by atoms with van der Waals surface area (Å²) in [7, 11) is 1.44. The number of thioether (sulfide) groups is 1. The van der Waals surface area contributed by atoms with Crippen LogP contribution in [0.2, 0.25) is 5.15 Å². The summed E-state index contributed by atoms with van der Waals surface area (Å²) < 4.78 is 10.5. The fourth-order valence-corrected chi connectivity index (χ4v) is 5.08. The third-order valence-corrected chi connectivity index (χ3v) is 7.03. The number of hydrogen-bond donors (Lipinski definition) is 0. The van der Waals surface area contributed by atoms with Gasteiger partial charge in [0.05, 0.1) is 13.7 Å². The smallest absolute Gasteiger partial charge is 0.305 e. The third-order valence-electron chi connectivity index (χ3n) is 6.21. The van der Waals surface area contributed by atoms with E-state index >= 15 is 0 Å². The van der Waals surface area contributed by atoms with Gasteiger partial charge in [-0.2, -0.15) is 4.98 Å². The number of esters is 1. The molecule has 0 N–H and O–H groups in total. The van der Waals surface area contributed by atoms with E-state index in [9.17, 15) is 9.59 Å². The van der Waals surface area contributed by atoms with E-state index in [2.05, 4.69) is 22.1 Å². The molecule has 1 aliphatic heterocycles.